The number of nitrogens with zero attached hydrogens (tertiary/aromatic N) is 2. The van der Waals surface area contributed by atoms with E-state index in [0.717, 1.165) is 11.3 Å². The van der Waals surface area contributed by atoms with Crippen LogP contribution in [-0.4, -0.2) is 22.5 Å². The number of aromatic nitrogens is 2. The summed E-state index contributed by atoms with van der Waals surface area (Å²) in [5, 5.41) is 7.00. The molecule has 0 aliphatic heterocycles. The Morgan fingerprint density at radius 1 is 1.11 bits per heavy atom. The smallest absolute Gasteiger partial charge is 0.340 e. The van der Waals surface area contributed by atoms with Gasteiger partial charge in [0.1, 0.15) is 5.82 Å². The van der Waals surface area contributed by atoms with E-state index in [0.29, 0.717) is 34.6 Å². The maximum absolute atomic E-state index is 12.1. The minimum absolute atomic E-state index is 0.309. The number of aryl methyl sites for hydroxylation is 1. The molecule has 3 rings (SSSR count). The molecular weight excluding hydrogens is 364 g/mol. The third-order valence-electron chi connectivity index (χ3n) is 3.78. The number of para-hydroxylation sites is 1. The highest BCUT2D eigenvalue weighted by Gasteiger charge is 2.13. The molecule has 0 aliphatic carbocycles. The van der Waals surface area contributed by atoms with Crippen molar-refractivity contribution in [2.75, 3.05) is 17.2 Å². The van der Waals surface area contributed by atoms with E-state index in [4.69, 9.17) is 16.3 Å². The normalized spacial score (nSPS) is 10.3. The van der Waals surface area contributed by atoms with Gasteiger partial charge in [-0.1, -0.05) is 23.7 Å². The minimum atomic E-state index is -0.397. The summed E-state index contributed by atoms with van der Waals surface area (Å²) < 4.78 is 5.09. The van der Waals surface area contributed by atoms with Crippen LogP contribution in [0.4, 0.5) is 23.1 Å². The van der Waals surface area contributed by atoms with Gasteiger partial charge in [0.2, 0.25) is 5.95 Å². The first-order valence-electron chi connectivity index (χ1n) is 8.46. The molecule has 138 valence electrons. The molecular formula is C20H19ClN4O2. The second-order valence-corrected chi connectivity index (χ2v) is 6.18. The number of carbonyl (C=O) groups is 1. The summed E-state index contributed by atoms with van der Waals surface area (Å²) in [6.07, 6.45) is 1.63. The molecule has 0 atom stereocenters. The van der Waals surface area contributed by atoms with Crippen LogP contribution in [0.15, 0.2) is 54.7 Å². The predicted molar refractivity (Wildman–Crippen MR) is 107 cm³/mol. The monoisotopic (exact) mass is 382 g/mol. The maximum atomic E-state index is 12.1. The Balaban J connectivity index is 1.82. The van der Waals surface area contributed by atoms with Crippen molar-refractivity contribution >= 4 is 40.7 Å². The van der Waals surface area contributed by atoms with Crippen LogP contribution in [0.3, 0.4) is 0 Å². The number of benzene rings is 2. The SMILES string of the molecule is CCOC(=O)c1ccccc1Nc1nccc(Nc2ccc(Cl)cc2C)n1. The van der Waals surface area contributed by atoms with Crippen LogP contribution < -0.4 is 10.6 Å². The second-order valence-electron chi connectivity index (χ2n) is 5.74. The first-order valence-corrected chi connectivity index (χ1v) is 8.84. The summed E-state index contributed by atoms with van der Waals surface area (Å²) in [6.45, 7) is 4.04. The molecule has 0 saturated carbocycles. The Bertz CT molecular complexity index is 962. The Morgan fingerprint density at radius 2 is 1.93 bits per heavy atom. The van der Waals surface area contributed by atoms with Gasteiger partial charge >= 0.3 is 5.97 Å². The first-order chi connectivity index (χ1) is 13.1. The van der Waals surface area contributed by atoms with E-state index in [-0.39, 0.29) is 0 Å². The Hall–Kier alpha value is -3.12. The van der Waals surface area contributed by atoms with Crippen molar-refractivity contribution in [3.05, 3.63) is 70.9 Å². The van der Waals surface area contributed by atoms with Gasteiger partial charge in [0.15, 0.2) is 0 Å². The Kier molecular flexibility index (Phi) is 5.88. The molecule has 3 aromatic rings. The van der Waals surface area contributed by atoms with Crippen LogP contribution >= 0.6 is 11.6 Å². The summed E-state index contributed by atoms with van der Waals surface area (Å²) in [5.41, 5.74) is 2.91. The molecule has 6 nitrogen and oxygen atoms in total. The van der Waals surface area contributed by atoms with E-state index < -0.39 is 5.97 Å². The lowest BCUT2D eigenvalue weighted by molar-refractivity contribution is 0.0527. The number of hydrogen-bond donors (Lipinski definition) is 2. The molecule has 0 bridgehead atoms. The zero-order valence-electron chi connectivity index (χ0n) is 15.0. The van der Waals surface area contributed by atoms with Gasteiger partial charge in [-0.3, -0.25) is 0 Å². The lowest BCUT2D eigenvalue weighted by Gasteiger charge is -2.12. The van der Waals surface area contributed by atoms with Crippen molar-refractivity contribution < 1.29 is 9.53 Å². The molecule has 2 aromatic carbocycles. The first kappa shape index (κ1) is 18.7. The fraction of sp³-hybridized carbons (Fsp3) is 0.150. The Labute approximate surface area is 162 Å². The second kappa shape index (κ2) is 8.51. The van der Waals surface area contributed by atoms with Gasteiger partial charge in [0.25, 0.3) is 0 Å². The fourth-order valence-electron chi connectivity index (χ4n) is 2.49. The number of anilines is 4. The molecule has 7 heteroatoms. The molecule has 0 radical (unpaired) electrons. The lowest BCUT2D eigenvalue weighted by atomic mass is 10.2. The molecule has 0 amide bonds. The van der Waals surface area contributed by atoms with Crippen LogP contribution in [-0.2, 0) is 4.74 Å². The zero-order chi connectivity index (χ0) is 19.2. The minimum Gasteiger partial charge on any atom is -0.462 e. The van der Waals surface area contributed by atoms with Crippen molar-refractivity contribution in [3.63, 3.8) is 0 Å². The van der Waals surface area contributed by atoms with E-state index in [1.165, 1.54) is 0 Å². The standard InChI is InChI=1S/C20H19ClN4O2/c1-3-27-19(26)15-6-4-5-7-17(15)24-20-22-11-10-18(25-20)23-16-9-8-14(21)12-13(16)2/h4-12H,3H2,1-2H3,(H2,22,23,24,25). The van der Waals surface area contributed by atoms with Gasteiger partial charge in [0.05, 0.1) is 17.9 Å². The number of halogens is 1. The number of rotatable bonds is 6. The third-order valence-corrected chi connectivity index (χ3v) is 4.01. The lowest BCUT2D eigenvalue weighted by Crippen LogP contribution is -2.09. The van der Waals surface area contributed by atoms with Crippen molar-refractivity contribution in [3.8, 4) is 0 Å². The molecule has 1 aromatic heterocycles. The van der Waals surface area contributed by atoms with E-state index >= 15 is 0 Å². The summed E-state index contributed by atoms with van der Waals surface area (Å²) in [6, 6.07) is 14.4. The van der Waals surface area contributed by atoms with Gasteiger partial charge < -0.3 is 15.4 Å². The number of hydrogen-bond acceptors (Lipinski definition) is 6. The molecule has 0 saturated heterocycles. The summed E-state index contributed by atoms with van der Waals surface area (Å²) in [5.74, 6) is 0.585. The van der Waals surface area contributed by atoms with Gasteiger partial charge in [-0.15, -0.1) is 0 Å². The number of carbonyl (C=O) groups excluding carboxylic acids is 1. The van der Waals surface area contributed by atoms with E-state index in [1.807, 2.05) is 31.2 Å². The largest absolute Gasteiger partial charge is 0.462 e. The summed E-state index contributed by atoms with van der Waals surface area (Å²) in [4.78, 5) is 20.8. The van der Waals surface area contributed by atoms with E-state index in [2.05, 4.69) is 20.6 Å². The van der Waals surface area contributed by atoms with Crippen LogP contribution in [0.1, 0.15) is 22.8 Å². The molecule has 27 heavy (non-hydrogen) atoms. The molecule has 0 unspecified atom stereocenters. The van der Waals surface area contributed by atoms with Crippen LogP contribution in [0, 0.1) is 6.92 Å². The number of ether oxygens (including phenoxy) is 1. The fourth-order valence-corrected chi connectivity index (χ4v) is 2.72. The third kappa shape index (κ3) is 4.74. The summed E-state index contributed by atoms with van der Waals surface area (Å²) >= 11 is 6.00. The van der Waals surface area contributed by atoms with Crippen molar-refractivity contribution in [1.82, 2.24) is 9.97 Å². The highest BCUT2D eigenvalue weighted by Crippen LogP contribution is 2.24. The molecule has 2 N–H and O–H groups in total. The highest BCUT2D eigenvalue weighted by atomic mass is 35.5. The summed E-state index contributed by atoms with van der Waals surface area (Å²) in [7, 11) is 0. The van der Waals surface area contributed by atoms with Crippen molar-refractivity contribution in [2.45, 2.75) is 13.8 Å². The molecule has 1 heterocycles. The van der Waals surface area contributed by atoms with Gasteiger partial charge in [0, 0.05) is 16.9 Å². The quantitative estimate of drug-likeness (QED) is 0.577. The number of nitrogens with one attached hydrogen (secondary N) is 2. The maximum Gasteiger partial charge on any atom is 0.340 e. The van der Waals surface area contributed by atoms with Gasteiger partial charge in [-0.05, 0) is 55.8 Å². The van der Waals surface area contributed by atoms with Gasteiger partial charge in [-0.2, -0.15) is 4.98 Å². The highest BCUT2D eigenvalue weighted by molar-refractivity contribution is 6.30. The zero-order valence-corrected chi connectivity index (χ0v) is 15.7. The average molecular weight is 383 g/mol. The van der Waals surface area contributed by atoms with Gasteiger partial charge in [-0.25, -0.2) is 9.78 Å². The molecule has 0 fully saturated rings. The molecule has 0 aliphatic rings. The van der Waals surface area contributed by atoms with E-state index in [9.17, 15) is 4.79 Å². The topological polar surface area (TPSA) is 76.1 Å². The Morgan fingerprint density at radius 3 is 2.70 bits per heavy atom. The van der Waals surface area contributed by atoms with Crippen LogP contribution in [0.25, 0.3) is 0 Å². The van der Waals surface area contributed by atoms with Crippen molar-refractivity contribution in [1.29, 1.82) is 0 Å². The van der Waals surface area contributed by atoms with Crippen LogP contribution in [0.5, 0.6) is 0 Å². The predicted octanol–water partition coefficient (Wildman–Crippen LogP) is 5.10. The van der Waals surface area contributed by atoms with Crippen LogP contribution in [0.2, 0.25) is 5.02 Å². The van der Waals surface area contributed by atoms with E-state index in [1.54, 1.807) is 37.4 Å². The molecule has 0 spiro atoms. The van der Waals surface area contributed by atoms with Crippen molar-refractivity contribution in [2.24, 2.45) is 0 Å². The number of esters is 1. The average Bonchev–Trinajstić information content (AvgIpc) is 2.65.